The fraction of sp³-hybridized carbons (Fsp3) is 0.346. The second kappa shape index (κ2) is 10.5. The molecule has 1 N–H and O–H groups in total. The Morgan fingerprint density at radius 2 is 1.92 bits per heavy atom. The van der Waals surface area contributed by atoms with Crippen LogP contribution in [0.3, 0.4) is 0 Å². The van der Waals surface area contributed by atoms with E-state index in [-0.39, 0.29) is 22.7 Å². The topological polar surface area (TPSA) is 98.7 Å². The average Bonchev–Trinajstić information content (AvgIpc) is 2.89. The third-order valence-corrected chi connectivity index (χ3v) is 8.47. The van der Waals surface area contributed by atoms with Gasteiger partial charge in [-0.1, -0.05) is 11.6 Å². The number of aromatic nitrogens is 2. The molecule has 0 aliphatic carbocycles. The average molecular weight is 541 g/mol. The van der Waals surface area contributed by atoms with Gasteiger partial charge in [-0.15, -0.1) is 0 Å². The van der Waals surface area contributed by atoms with E-state index in [2.05, 4.69) is 31.4 Å². The van der Waals surface area contributed by atoms with E-state index in [9.17, 15) is 13.2 Å². The third kappa shape index (κ3) is 5.65. The summed E-state index contributed by atoms with van der Waals surface area (Å²) in [4.78, 5) is 27.4. The summed E-state index contributed by atoms with van der Waals surface area (Å²) < 4.78 is 27.8. The van der Waals surface area contributed by atoms with Crippen molar-refractivity contribution in [3.05, 3.63) is 71.6 Å². The molecule has 194 valence electrons. The molecule has 2 aromatic carbocycles. The van der Waals surface area contributed by atoms with Gasteiger partial charge in [0.15, 0.2) is 0 Å². The maximum atomic E-state index is 13.3. The van der Waals surface area contributed by atoms with Gasteiger partial charge in [-0.05, 0) is 73.9 Å². The second-order valence-corrected chi connectivity index (χ2v) is 11.5. The Morgan fingerprint density at radius 3 is 2.65 bits per heavy atom. The Hall–Kier alpha value is -3.37. The highest BCUT2D eigenvalue weighted by Gasteiger charge is 2.30. The van der Waals surface area contributed by atoms with E-state index in [4.69, 9.17) is 11.6 Å². The molecule has 9 nitrogen and oxygen atoms in total. The first-order valence-electron chi connectivity index (χ1n) is 12.3. The number of hydrogen-bond donors (Lipinski definition) is 1. The number of nitrogens with one attached hydrogen (secondary N) is 1. The molecule has 0 bridgehead atoms. The van der Waals surface area contributed by atoms with Crippen molar-refractivity contribution in [1.29, 1.82) is 0 Å². The summed E-state index contributed by atoms with van der Waals surface area (Å²) in [5, 5.41) is 0.726. The van der Waals surface area contributed by atoms with Gasteiger partial charge in [0, 0.05) is 54.8 Å². The smallest absolute Gasteiger partial charge is 0.263 e. The van der Waals surface area contributed by atoms with Crippen LogP contribution < -0.4 is 14.5 Å². The van der Waals surface area contributed by atoms with Gasteiger partial charge in [0.2, 0.25) is 5.91 Å². The first-order chi connectivity index (χ1) is 17.8. The number of anilines is 3. The van der Waals surface area contributed by atoms with Gasteiger partial charge < -0.3 is 14.7 Å². The summed E-state index contributed by atoms with van der Waals surface area (Å²) in [7, 11) is -3.75. The molecule has 37 heavy (non-hydrogen) atoms. The molecule has 0 saturated carbocycles. The standard InChI is InChI=1S/C26H29ClN6O3S/c1-19-16-31(22-5-7-23(8-6-22)37(35,36)30-25-10-11-28-18-29-25)13-14-33(19)26(34)17-32-12-2-3-20-15-21(27)4-9-24(20)32/h4-11,15,18-19H,2-3,12-14,16-17H2,1H3,(H,28,29,30). The number of aryl methyl sites for hydroxylation is 1. The number of halogens is 1. The van der Waals surface area contributed by atoms with Gasteiger partial charge >= 0.3 is 0 Å². The summed E-state index contributed by atoms with van der Waals surface area (Å²) in [5.41, 5.74) is 3.21. The monoisotopic (exact) mass is 540 g/mol. The summed E-state index contributed by atoms with van der Waals surface area (Å²) in [6.45, 7) is 5.22. The SMILES string of the molecule is CC1CN(c2ccc(S(=O)(=O)Nc3ccncn3)cc2)CCN1C(=O)CN1CCCc2cc(Cl)ccc21. The largest absolute Gasteiger partial charge is 0.368 e. The van der Waals surface area contributed by atoms with Crippen molar-refractivity contribution >= 4 is 44.7 Å². The summed E-state index contributed by atoms with van der Waals surface area (Å²) in [6.07, 6.45) is 4.74. The van der Waals surface area contributed by atoms with Crippen LogP contribution >= 0.6 is 11.6 Å². The van der Waals surface area contributed by atoms with Gasteiger partial charge in [0.05, 0.1) is 11.4 Å². The molecule has 5 rings (SSSR count). The van der Waals surface area contributed by atoms with Gasteiger partial charge in [-0.25, -0.2) is 18.4 Å². The van der Waals surface area contributed by atoms with Crippen molar-refractivity contribution in [1.82, 2.24) is 14.9 Å². The van der Waals surface area contributed by atoms with E-state index >= 15 is 0 Å². The minimum atomic E-state index is -3.75. The molecule has 2 aliphatic heterocycles. The molecule has 11 heteroatoms. The number of benzene rings is 2. The van der Waals surface area contributed by atoms with E-state index in [1.165, 1.54) is 24.2 Å². The van der Waals surface area contributed by atoms with Crippen LogP contribution in [0.5, 0.6) is 0 Å². The van der Waals surface area contributed by atoms with E-state index in [0.717, 1.165) is 35.8 Å². The van der Waals surface area contributed by atoms with Crippen LogP contribution in [0.4, 0.5) is 17.2 Å². The Labute approximate surface area is 222 Å². The molecule has 1 fully saturated rings. The number of sulfonamides is 1. The second-order valence-electron chi connectivity index (χ2n) is 9.37. The summed E-state index contributed by atoms with van der Waals surface area (Å²) in [5.74, 6) is 0.331. The van der Waals surface area contributed by atoms with Crippen molar-refractivity contribution in [3.63, 3.8) is 0 Å². The molecule has 0 radical (unpaired) electrons. The lowest BCUT2D eigenvalue weighted by Crippen LogP contribution is -2.56. The Kier molecular flexibility index (Phi) is 7.21. The lowest BCUT2D eigenvalue weighted by molar-refractivity contribution is -0.132. The van der Waals surface area contributed by atoms with Gasteiger partial charge in [-0.2, -0.15) is 0 Å². The van der Waals surface area contributed by atoms with E-state index in [0.29, 0.717) is 26.2 Å². The molecular weight excluding hydrogens is 512 g/mol. The Bertz CT molecular complexity index is 1370. The molecule has 2 aliphatic rings. The number of fused-ring (bicyclic) bond motifs is 1. The zero-order valence-corrected chi connectivity index (χ0v) is 22.1. The minimum absolute atomic E-state index is 0.0265. The number of carbonyl (C=O) groups excluding carboxylic acids is 1. The molecule has 0 spiro atoms. The predicted molar refractivity (Wildman–Crippen MR) is 145 cm³/mol. The van der Waals surface area contributed by atoms with Gasteiger partial charge in [0.25, 0.3) is 10.0 Å². The van der Waals surface area contributed by atoms with Crippen LogP contribution in [0.15, 0.2) is 66.0 Å². The van der Waals surface area contributed by atoms with Crippen LogP contribution in [0.1, 0.15) is 18.9 Å². The molecule has 1 atom stereocenters. The molecule has 3 aromatic rings. The van der Waals surface area contributed by atoms with Crippen LogP contribution in [0.2, 0.25) is 5.02 Å². The van der Waals surface area contributed by atoms with Gasteiger partial charge in [0.1, 0.15) is 12.1 Å². The highest BCUT2D eigenvalue weighted by atomic mass is 35.5. The van der Waals surface area contributed by atoms with Crippen LogP contribution in [0, 0.1) is 0 Å². The van der Waals surface area contributed by atoms with Gasteiger partial charge in [-0.3, -0.25) is 9.52 Å². The van der Waals surface area contributed by atoms with E-state index in [1.54, 1.807) is 24.3 Å². The molecule has 1 aromatic heterocycles. The van der Waals surface area contributed by atoms with Crippen molar-refractivity contribution < 1.29 is 13.2 Å². The van der Waals surface area contributed by atoms with Crippen molar-refractivity contribution in [3.8, 4) is 0 Å². The lowest BCUT2D eigenvalue weighted by Gasteiger charge is -2.42. The van der Waals surface area contributed by atoms with E-state index < -0.39 is 10.0 Å². The first kappa shape index (κ1) is 25.3. The Morgan fingerprint density at radius 1 is 1.11 bits per heavy atom. The number of piperazine rings is 1. The molecule has 1 saturated heterocycles. The maximum Gasteiger partial charge on any atom is 0.263 e. The molecule has 1 unspecified atom stereocenters. The maximum absolute atomic E-state index is 13.3. The fourth-order valence-corrected chi connectivity index (χ4v) is 6.21. The number of carbonyl (C=O) groups is 1. The van der Waals surface area contributed by atoms with Crippen molar-refractivity contribution in [2.45, 2.75) is 30.7 Å². The minimum Gasteiger partial charge on any atom is -0.368 e. The number of amides is 1. The van der Waals surface area contributed by atoms with Crippen LogP contribution in [0.25, 0.3) is 0 Å². The fourth-order valence-electron chi connectivity index (χ4n) is 5.01. The normalized spacial score (nSPS) is 17.9. The first-order valence-corrected chi connectivity index (χ1v) is 14.1. The molecule has 1 amide bonds. The molecular formula is C26H29ClN6O3S. The summed E-state index contributed by atoms with van der Waals surface area (Å²) in [6, 6.07) is 14.2. The zero-order chi connectivity index (χ0) is 26.0. The number of hydrogen-bond acceptors (Lipinski definition) is 7. The quantitative estimate of drug-likeness (QED) is 0.511. The number of nitrogens with zero attached hydrogens (tertiary/aromatic N) is 5. The van der Waals surface area contributed by atoms with Crippen molar-refractivity contribution in [2.75, 3.05) is 47.2 Å². The Balaban J connectivity index is 1.20. The van der Waals surface area contributed by atoms with Crippen LogP contribution in [-0.2, 0) is 21.2 Å². The predicted octanol–water partition coefficient (Wildman–Crippen LogP) is 3.42. The number of rotatable bonds is 6. The highest BCUT2D eigenvalue weighted by Crippen LogP contribution is 2.30. The molecule has 3 heterocycles. The van der Waals surface area contributed by atoms with E-state index in [1.807, 2.05) is 23.1 Å². The summed E-state index contributed by atoms with van der Waals surface area (Å²) >= 11 is 6.16. The van der Waals surface area contributed by atoms with Crippen LogP contribution in [-0.4, -0.2) is 68.0 Å². The highest BCUT2D eigenvalue weighted by molar-refractivity contribution is 7.92. The zero-order valence-electron chi connectivity index (χ0n) is 20.5. The third-order valence-electron chi connectivity index (χ3n) is 6.86. The van der Waals surface area contributed by atoms with Crippen molar-refractivity contribution in [2.24, 2.45) is 0 Å². The lowest BCUT2D eigenvalue weighted by atomic mass is 10.0.